The molecule has 2 heterocycles. The second-order valence-electron chi connectivity index (χ2n) is 9.85. The normalized spacial score (nSPS) is 14.1. The third-order valence-electron chi connectivity index (χ3n) is 6.87. The Kier molecular flexibility index (Phi) is 8.65. The number of thiazole rings is 1. The molecule has 0 bridgehead atoms. The molecule has 1 saturated heterocycles. The maximum Gasteiger partial charge on any atom is 0.416 e. The number of amides is 1. The van der Waals surface area contributed by atoms with Crippen LogP contribution in [0.15, 0.2) is 78.2 Å². The molecular weight excluding hydrogens is 559 g/mol. The third-order valence-corrected chi connectivity index (χ3v) is 7.71. The van der Waals surface area contributed by atoms with E-state index in [1.54, 1.807) is 40.6 Å². The molecule has 11 heteroatoms. The van der Waals surface area contributed by atoms with Crippen molar-refractivity contribution in [3.05, 3.63) is 117 Å². The number of benzene rings is 3. The predicted molar refractivity (Wildman–Crippen MR) is 147 cm³/mol. The van der Waals surface area contributed by atoms with Crippen molar-refractivity contribution in [3.8, 4) is 0 Å². The summed E-state index contributed by atoms with van der Waals surface area (Å²) in [5.41, 5.74) is 1.91. The van der Waals surface area contributed by atoms with Crippen molar-refractivity contribution in [2.45, 2.75) is 25.8 Å². The zero-order valence-corrected chi connectivity index (χ0v) is 22.8. The predicted octanol–water partition coefficient (Wildman–Crippen LogP) is 6.60. The molecule has 1 fully saturated rings. The van der Waals surface area contributed by atoms with Crippen molar-refractivity contribution in [1.29, 1.82) is 0 Å². The van der Waals surface area contributed by atoms with Crippen LogP contribution < -0.4 is 4.90 Å². The van der Waals surface area contributed by atoms with E-state index in [-0.39, 0.29) is 17.5 Å². The Morgan fingerprint density at radius 1 is 0.829 bits per heavy atom. The molecule has 0 N–H and O–H groups in total. The zero-order valence-electron chi connectivity index (χ0n) is 22.0. The minimum absolute atomic E-state index is 0.222. The Balaban J connectivity index is 1.22. The smallest absolute Gasteiger partial charge is 0.368 e. The molecule has 3 aromatic carbocycles. The lowest BCUT2D eigenvalue weighted by molar-refractivity contribution is -0.137. The van der Waals surface area contributed by atoms with Gasteiger partial charge in [0.05, 0.1) is 12.1 Å². The zero-order chi connectivity index (χ0) is 29.0. The Hall–Kier alpha value is -3.83. The van der Waals surface area contributed by atoms with Crippen LogP contribution in [-0.2, 0) is 25.8 Å². The van der Waals surface area contributed by atoms with Crippen LogP contribution in [0.3, 0.4) is 0 Å². The minimum atomic E-state index is -4.41. The van der Waals surface area contributed by atoms with Gasteiger partial charge in [0.25, 0.3) is 5.91 Å². The number of nitrogens with zero attached hydrogens (tertiary/aromatic N) is 4. The minimum Gasteiger partial charge on any atom is -0.368 e. The highest BCUT2D eigenvalue weighted by Gasteiger charge is 2.31. The van der Waals surface area contributed by atoms with Crippen molar-refractivity contribution in [2.75, 3.05) is 31.1 Å². The van der Waals surface area contributed by atoms with E-state index in [1.165, 1.54) is 41.7 Å². The number of halogens is 5. The number of carbonyl (C=O) groups is 1. The standard InChI is InChI=1S/C30H27F5N4OS/c31-24-8-4-21(5-9-24)17-37(18-22-6-10-25(32)11-7-22)19-28-36-27(20-41-28)29(40)39-14-12-38(13-15-39)26-3-1-2-23(16-26)30(33,34)35/h1-11,16,20H,12-15,17-19H2. The summed E-state index contributed by atoms with van der Waals surface area (Å²) in [4.78, 5) is 23.4. The topological polar surface area (TPSA) is 39.7 Å². The number of alkyl halides is 3. The monoisotopic (exact) mass is 586 g/mol. The van der Waals surface area contributed by atoms with Gasteiger partial charge < -0.3 is 9.80 Å². The van der Waals surface area contributed by atoms with Crippen molar-refractivity contribution in [2.24, 2.45) is 0 Å². The molecule has 0 spiro atoms. The van der Waals surface area contributed by atoms with Crippen molar-refractivity contribution in [3.63, 3.8) is 0 Å². The number of carbonyl (C=O) groups excluding carboxylic acids is 1. The highest BCUT2D eigenvalue weighted by molar-refractivity contribution is 7.09. The van der Waals surface area contributed by atoms with Crippen LogP contribution in [0.2, 0.25) is 0 Å². The molecule has 0 radical (unpaired) electrons. The Morgan fingerprint density at radius 2 is 1.41 bits per heavy atom. The van der Waals surface area contributed by atoms with E-state index in [9.17, 15) is 26.7 Å². The van der Waals surface area contributed by atoms with Crippen LogP contribution in [0, 0.1) is 11.6 Å². The Morgan fingerprint density at radius 3 is 1.98 bits per heavy atom. The average Bonchev–Trinajstić information content (AvgIpc) is 3.43. The second kappa shape index (κ2) is 12.4. The molecular formula is C30H27F5N4OS. The summed E-state index contributed by atoms with van der Waals surface area (Å²) in [7, 11) is 0. The molecule has 0 aliphatic carbocycles. The molecule has 0 unspecified atom stereocenters. The van der Waals surface area contributed by atoms with Gasteiger partial charge in [-0.2, -0.15) is 13.2 Å². The third kappa shape index (κ3) is 7.47. The molecule has 1 amide bonds. The summed E-state index contributed by atoms with van der Waals surface area (Å²) in [5, 5.41) is 2.44. The largest absolute Gasteiger partial charge is 0.416 e. The lowest BCUT2D eigenvalue weighted by atomic mass is 10.1. The number of piperazine rings is 1. The van der Waals surface area contributed by atoms with Gasteiger partial charge in [0.15, 0.2) is 0 Å². The lowest BCUT2D eigenvalue weighted by Crippen LogP contribution is -2.49. The van der Waals surface area contributed by atoms with Crippen LogP contribution in [0.1, 0.15) is 32.2 Å². The first-order chi connectivity index (χ1) is 19.6. The van der Waals surface area contributed by atoms with Gasteiger partial charge in [0, 0.05) is 50.3 Å². The molecule has 1 aliphatic rings. The van der Waals surface area contributed by atoms with Gasteiger partial charge in [0.1, 0.15) is 22.3 Å². The molecule has 1 aliphatic heterocycles. The first-order valence-electron chi connectivity index (χ1n) is 13.0. The second-order valence-corrected chi connectivity index (χ2v) is 10.8. The molecule has 1 aromatic heterocycles. The summed E-state index contributed by atoms with van der Waals surface area (Å²) < 4.78 is 66.2. The molecule has 4 aromatic rings. The van der Waals surface area contributed by atoms with E-state index < -0.39 is 11.7 Å². The molecule has 214 valence electrons. The van der Waals surface area contributed by atoms with Gasteiger partial charge in [-0.15, -0.1) is 11.3 Å². The fraction of sp³-hybridized carbons (Fsp3) is 0.267. The van der Waals surface area contributed by atoms with E-state index in [4.69, 9.17) is 0 Å². The number of hydrogen-bond donors (Lipinski definition) is 0. The summed E-state index contributed by atoms with van der Waals surface area (Å²) in [6.07, 6.45) is -4.41. The van der Waals surface area contributed by atoms with Crippen LogP contribution in [0.5, 0.6) is 0 Å². The first kappa shape index (κ1) is 28.7. The van der Waals surface area contributed by atoms with Gasteiger partial charge in [-0.3, -0.25) is 9.69 Å². The Labute approximate surface area is 238 Å². The van der Waals surface area contributed by atoms with Crippen LogP contribution in [0.25, 0.3) is 0 Å². The van der Waals surface area contributed by atoms with Gasteiger partial charge in [0.2, 0.25) is 0 Å². The van der Waals surface area contributed by atoms with E-state index >= 15 is 0 Å². The number of aromatic nitrogens is 1. The van der Waals surface area contributed by atoms with E-state index in [2.05, 4.69) is 9.88 Å². The summed E-state index contributed by atoms with van der Waals surface area (Å²) in [6, 6.07) is 17.7. The van der Waals surface area contributed by atoms with Crippen LogP contribution >= 0.6 is 11.3 Å². The average molecular weight is 587 g/mol. The van der Waals surface area contributed by atoms with E-state index in [0.29, 0.717) is 57.2 Å². The van der Waals surface area contributed by atoms with Gasteiger partial charge in [-0.25, -0.2) is 13.8 Å². The maximum absolute atomic E-state index is 13.4. The molecule has 0 saturated carbocycles. The number of anilines is 1. The quantitative estimate of drug-likeness (QED) is 0.218. The highest BCUT2D eigenvalue weighted by atomic mass is 32.1. The van der Waals surface area contributed by atoms with Gasteiger partial charge in [-0.05, 0) is 53.6 Å². The van der Waals surface area contributed by atoms with Crippen molar-refractivity contribution >= 4 is 22.9 Å². The molecule has 5 rings (SSSR count). The van der Waals surface area contributed by atoms with E-state index in [0.717, 1.165) is 28.3 Å². The molecule has 5 nitrogen and oxygen atoms in total. The van der Waals surface area contributed by atoms with Gasteiger partial charge >= 0.3 is 6.18 Å². The van der Waals surface area contributed by atoms with Crippen molar-refractivity contribution < 1.29 is 26.7 Å². The van der Waals surface area contributed by atoms with Gasteiger partial charge in [-0.1, -0.05) is 30.3 Å². The summed E-state index contributed by atoms with van der Waals surface area (Å²) >= 11 is 1.36. The SMILES string of the molecule is O=C(c1csc(CN(Cc2ccc(F)cc2)Cc2ccc(F)cc2)n1)N1CCN(c2cccc(C(F)(F)F)c2)CC1. The number of rotatable bonds is 8. The van der Waals surface area contributed by atoms with Crippen LogP contribution in [0.4, 0.5) is 27.6 Å². The summed E-state index contributed by atoms with van der Waals surface area (Å²) in [6.45, 7) is 2.97. The molecule has 0 atom stereocenters. The van der Waals surface area contributed by atoms with E-state index in [1.807, 2.05) is 4.90 Å². The first-order valence-corrected chi connectivity index (χ1v) is 13.9. The maximum atomic E-state index is 13.4. The van der Waals surface area contributed by atoms with Crippen molar-refractivity contribution in [1.82, 2.24) is 14.8 Å². The highest BCUT2D eigenvalue weighted by Crippen LogP contribution is 2.32. The summed E-state index contributed by atoms with van der Waals surface area (Å²) in [5.74, 6) is -0.866. The van der Waals surface area contributed by atoms with Crippen LogP contribution in [-0.4, -0.2) is 46.9 Å². The fourth-order valence-corrected chi connectivity index (χ4v) is 5.55. The fourth-order valence-electron chi connectivity index (χ4n) is 4.75. The molecule has 41 heavy (non-hydrogen) atoms. The Bertz CT molecular complexity index is 1420. The number of hydrogen-bond acceptors (Lipinski definition) is 5. The lowest BCUT2D eigenvalue weighted by Gasteiger charge is -2.36.